The lowest BCUT2D eigenvalue weighted by Crippen LogP contribution is -2.29. The summed E-state index contributed by atoms with van der Waals surface area (Å²) < 4.78 is 14.2. The number of anilines is 1. The molecule has 1 heterocycles. The minimum absolute atomic E-state index is 0.0107. The maximum atomic E-state index is 14.2. The van der Waals surface area contributed by atoms with E-state index in [1.807, 2.05) is 6.92 Å². The number of fused-ring (bicyclic) bond motifs is 1. The number of benzene rings is 1. The smallest absolute Gasteiger partial charge is 0.239 e. The Balaban J connectivity index is 2.26. The molecule has 0 aliphatic heterocycles. The van der Waals surface area contributed by atoms with Crippen molar-refractivity contribution < 1.29 is 9.18 Å². The number of rotatable bonds is 4. The van der Waals surface area contributed by atoms with Crippen molar-refractivity contribution in [3.63, 3.8) is 0 Å². The van der Waals surface area contributed by atoms with Gasteiger partial charge in [0.25, 0.3) is 0 Å². The fourth-order valence-electron chi connectivity index (χ4n) is 1.72. The van der Waals surface area contributed by atoms with E-state index in [4.69, 9.17) is 11.6 Å². The van der Waals surface area contributed by atoms with Gasteiger partial charge in [-0.2, -0.15) is 0 Å². The summed E-state index contributed by atoms with van der Waals surface area (Å²) in [5.74, 6) is -0.703. The fourth-order valence-corrected chi connectivity index (χ4v) is 1.93. The van der Waals surface area contributed by atoms with E-state index in [0.29, 0.717) is 17.0 Å². The zero-order valence-electron chi connectivity index (χ0n) is 10.3. The summed E-state index contributed by atoms with van der Waals surface area (Å²) in [5.41, 5.74) is 0.418. The average Bonchev–Trinajstić information content (AvgIpc) is 2.39. The second kappa shape index (κ2) is 5.84. The van der Waals surface area contributed by atoms with Crippen LogP contribution in [0.3, 0.4) is 0 Å². The first-order valence-electron chi connectivity index (χ1n) is 5.86. The van der Waals surface area contributed by atoms with Gasteiger partial charge in [-0.25, -0.2) is 4.39 Å². The lowest BCUT2D eigenvalue weighted by Gasteiger charge is -2.09. The van der Waals surface area contributed by atoms with Crippen LogP contribution in [0, 0.1) is 5.82 Å². The summed E-state index contributed by atoms with van der Waals surface area (Å²) in [6.07, 6.45) is 1.45. The fraction of sp³-hybridized carbons (Fsp3) is 0.231. The number of carbonyl (C=O) groups excluding carboxylic acids is 1. The number of nitrogens with one attached hydrogen (secondary N) is 2. The van der Waals surface area contributed by atoms with E-state index < -0.39 is 5.82 Å². The first kappa shape index (κ1) is 13.5. The average molecular weight is 282 g/mol. The number of hydrogen-bond donors (Lipinski definition) is 2. The van der Waals surface area contributed by atoms with Gasteiger partial charge in [0, 0.05) is 18.1 Å². The summed E-state index contributed by atoms with van der Waals surface area (Å²) in [5, 5.41) is 6.35. The van der Waals surface area contributed by atoms with Crippen LogP contribution >= 0.6 is 11.6 Å². The van der Waals surface area contributed by atoms with Gasteiger partial charge < -0.3 is 10.6 Å². The van der Waals surface area contributed by atoms with Crippen molar-refractivity contribution in [2.45, 2.75) is 6.92 Å². The zero-order valence-corrected chi connectivity index (χ0v) is 11.1. The largest absolute Gasteiger partial charge is 0.374 e. The molecule has 19 heavy (non-hydrogen) atoms. The normalized spacial score (nSPS) is 10.5. The second-order valence-electron chi connectivity index (χ2n) is 3.92. The highest BCUT2D eigenvalue weighted by Gasteiger charge is 2.11. The van der Waals surface area contributed by atoms with Crippen molar-refractivity contribution in [1.82, 2.24) is 10.3 Å². The van der Waals surface area contributed by atoms with Crippen LogP contribution in [-0.4, -0.2) is 24.0 Å². The van der Waals surface area contributed by atoms with Crippen molar-refractivity contribution in [2.24, 2.45) is 0 Å². The monoisotopic (exact) mass is 281 g/mol. The molecule has 6 heteroatoms. The molecule has 0 saturated heterocycles. The Morgan fingerprint density at radius 3 is 2.95 bits per heavy atom. The Bertz CT molecular complexity index is 618. The number of halogens is 2. The van der Waals surface area contributed by atoms with Crippen LogP contribution in [0.2, 0.25) is 5.02 Å². The molecule has 1 aromatic carbocycles. The SMILES string of the molecule is CCNC(=O)CNc1ccc2c(Cl)ccnc2c1F. The number of nitrogens with zero attached hydrogens (tertiary/aromatic N) is 1. The molecule has 0 aliphatic carbocycles. The molecule has 100 valence electrons. The number of likely N-dealkylation sites (N-methyl/N-ethyl adjacent to an activating group) is 1. The summed E-state index contributed by atoms with van der Waals surface area (Å²) in [6, 6.07) is 4.82. The van der Waals surface area contributed by atoms with Gasteiger partial charge in [0.1, 0.15) is 5.52 Å². The molecule has 0 spiro atoms. The lowest BCUT2D eigenvalue weighted by molar-refractivity contribution is -0.119. The van der Waals surface area contributed by atoms with Crippen LogP contribution in [0.25, 0.3) is 10.9 Å². The van der Waals surface area contributed by atoms with Crippen LogP contribution in [0.5, 0.6) is 0 Å². The number of carbonyl (C=O) groups is 1. The van der Waals surface area contributed by atoms with Gasteiger partial charge in [0.05, 0.1) is 17.3 Å². The van der Waals surface area contributed by atoms with E-state index in [2.05, 4.69) is 15.6 Å². The molecule has 0 saturated carbocycles. The maximum Gasteiger partial charge on any atom is 0.239 e. The van der Waals surface area contributed by atoms with Gasteiger partial charge in [0.15, 0.2) is 5.82 Å². The van der Waals surface area contributed by atoms with Crippen LogP contribution in [0.15, 0.2) is 24.4 Å². The van der Waals surface area contributed by atoms with Crippen molar-refractivity contribution >= 4 is 34.1 Å². The molecular formula is C13H13ClFN3O. The summed E-state index contributed by atoms with van der Waals surface area (Å²) in [7, 11) is 0. The molecule has 1 amide bonds. The highest BCUT2D eigenvalue weighted by atomic mass is 35.5. The van der Waals surface area contributed by atoms with E-state index in [1.165, 1.54) is 6.20 Å². The van der Waals surface area contributed by atoms with Gasteiger partial charge in [-0.1, -0.05) is 11.6 Å². The highest BCUT2D eigenvalue weighted by molar-refractivity contribution is 6.35. The topological polar surface area (TPSA) is 54.0 Å². The molecule has 2 N–H and O–H groups in total. The Morgan fingerprint density at radius 1 is 1.42 bits per heavy atom. The Labute approximate surface area is 115 Å². The van der Waals surface area contributed by atoms with Gasteiger partial charge in [-0.15, -0.1) is 0 Å². The van der Waals surface area contributed by atoms with Gasteiger partial charge in [0.2, 0.25) is 5.91 Å². The van der Waals surface area contributed by atoms with Gasteiger partial charge >= 0.3 is 0 Å². The van der Waals surface area contributed by atoms with Gasteiger partial charge in [-0.3, -0.25) is 9.78 Å². The predicted octanol–water partition coefficient (Wildman–Crippen LogP) is 2.58. The zero-order chi connectivity index (χ0) is 13.8. The van der Waals surface area contributed by atoms with Crippen LogP contribution in [0.4, 0.5) is 10.1 Å². The van der Waals surface area contributed by atoms with E-state index in [1.54, 1.807) is 18.2 Å². The molecule has 0 unspecified atom stereocenters. The van der Waals surface area contributed by atoms with Crippen LogP contribution in [-0.2, 0) is 4.79 Å². The molecule has 0 bridgehead atoms. The number of aromatic nitrogens is 1. The third kappa shape index (κ3) is 2.93. The van der Waals surface area contributed by atoms with Crippen LogP contribution < -0.4 is 10.6 Å². The van der Waals surface area contributed by atoms with E-state index in [0.717, 1.165) is 0 Å². The molecule has 1 aromatic heterocycles. The number of hydrogen-bond acceptors (Lipinski definition) is 3. The minimum Gasteiger partial charge on any atom is -0.374 e. The standard InChI is InChI=1S/C13H13ClFN3O/c1-2-16-11(19)7-18-10-4-3-8-9(14)5-6-17-13(8)12(10)15/h3-6,18H,2,7H2,1H3,(H,16,19). The first-order valence-corrected chi connectivity index (χ1v) is 6.24. The summed E-state index contributed by atoms with van der Waals surface area (Å²) in [6.45, 7) is 2.37. The van der Waals surface area contributed by atoms with Crippen molar-refractivity contribution in [3.05, 3.63) is 35.2 Å². The van der Waals surface area contributed by atoms with E-state index in [9.17, 15) is 9.18 Å². The number of pyridine rings is 1. The molecule has 0 atom stereocenters. The minimum atomic E-state index is -0.510. The van der Waals surface area contributed by atoms with E-state index >= 15 is 0 Å². The molecule has 2 aromatic rings. The third-order valence-corrected chi connectivity index (χ3v) is 2.94. The number of amides is 1. The molecule has 0 aliphatic rings. The Kier molecular flexibility index (Phi) is 4.16. The predicted molar refractivity (Wildman–Crippen MR) is 73.9 cm³/mol. The molecular weight excluding hydrogens is 269 g/mol. The van der Waals surface area contributed by atoms with E-state index in [-0.39, 0.29) is 23.7 Å². The second-order valence-corrected chi connectivity index (χ2v) is 4.33. The molecule has 4 nitrogen and oxygen atoms in total. The maximum absolute atomic E-state index is 14.2. The third-order valence-electron chi connectivity index (χ3n) is 2.61. The van der Waals surface area contributed by atoms with Crippen molar-refractivity contribution in [1.29, 1.82) is 0 Å². The molecule has 0 radical (unpaired) electrons. The summed E-state index contributed by atoms with van der Waals surface area (Å²) in [4.78, 5) is 15.3. The Morgan fingerprint density at radius 2 is 2.21 bits per heavy atom. The van der Waals surface area contributed by atoms with Gasteiger partial charge in [-0.05, 0) is 25.1 Å². The van der Waals surface area contributed by atoms with Crippen molar-refractivity contribution in [2.75, 3.05) is 18.4 Å². The Hall–Kier alpha value is -1.88. The lowest BCUT2D eigenvalue weighted by atomic mass is 10.2. The highest BCUT2D eigenvalue weighted by Crippen LogP contribution is 2.27. The molecule has 2 rings (SSSR count). The quantitative estimate of drug-likeness (QED) is 0.906. The summed E-state index contributed by atoms with van der Waals surface area (Å²) >= 11 is 5.96. The van der Waals surface area contributed by atoms with Crippen LogP contribution in [0.1, 0.15) is 6.92 Å². The van der Waals surface area contributed by atoms with Crippen molar-refractivity contribution in [3.8, 4) is 0 Å². The molecule has 0 fully saturated rings. The first-order chi connectivity index (χ1) is 9.13.